The highest BCUT2D eigenvalue weighted by Crippen LogP contribution is 2.26. The molecule has 0 saturated carbocycles. The number of carbonyl (C=O) groups is 1. The van der Waals surface area contributed by atoms with E-state index in [-0.39, 0.29) is 5.69 Å². The van der Waals surface area contributed by atoms with Gasteiger partial charge in [-0.15, -0.1) is 5.10 Å². The third-order valence-corrected chi connectivity index (χ3v) is 2.94. The molecule has 0 aliphatic rings. The summed E-state index contributed by atoms with van der Waals surface area (Å²) in [5.41, 5.74) is 1.60. The maximum Gasteiger partial charge on any atom is 0.422 e. The van der Waals surface area contributed by atoms with Crippen molar-refractivity contribution in [3.63, 3.8) is 0 Å². The van der Waals surface area contributed by atoms with Gasteiger partial charge in [-0.25, -0.2) is 4.79 Å². The number of esters is 1. The fourth-order valence-electron chi connectivity index (χ4n) is 1.79. The first-order valence-corrected chi connectivity index (χ1v) is 6.29. The lowest BCUT2D eigenvalue weighted by atomic mass is 10.0. The van der Waals surface area contributed by atoms with Crippen LogP contribution >= 0.6 is 0 Å². The molecule has 0 saturated heterocycles. The molecule has 0 atom stereocenters. The first-order valence-electron chi connectivity index (χ1n) is 6.29. The predicted molar refractivity (Wildman–Crippen MR) is 71.1 cm³/mol. The average Bonchev–Trinajstić information content (AvgIpc) is 2.47. The van der Waals surface area contributed by atoms with Crippen LogP contribution in [0.25, 0.3) is 11.3 Å². The second-order valence-electron chi connectivity index (χ2n) is 4.54. The lowest BCUT2D eigenvalue weighted by Gasteiger charge is -2.12. The van der Waals surface area contributed by atoms with E-state index in [1.807, 2.05) is 0 Å². The standard InChI is InChI=1S/C14H12F3N3O2/c1-8-9(2)19-20-12(13(21)22-7-14(15,16)17)11(8)10-5-3-4-6-18-10/h3-6H,7H2,1-2H3. The number of halogens is 3. The Labute approximate surface area is 124 Å². The molecular formula is C14H12F3N3O2. The minimum Gasteiger partial charge on any atom is -0.451 e. The van der Waals surface area contributed by atoms with Crippen molar-refractivity contribution in [1.29, 1.82) is 0 Å². The van der Waals surface area contributed by atoms with Gasteiger partial charge >= 0.3 is 12.1 Å². The molecule has 2 rings (SSSR count). The van der Waals surface area contributed by atoms with Crippen molar-refractivity contribution in [3.8, 4) is 11.3 Å². The van der Waals surface area contributed by atoms with Crippen LogP contribution in [0.2, 0.25) is 0 Å². The fourth-order valence-corrected chi connectivity index (χ4v) is 1.79. The van der Waals surface area contributed by atoms with Gasteiger partial charge in [0.15, 0.2) is 12.3 Å². The average molecular weight is 311 g/mol. The molecule has 2 heterocycles. The quantitative estimate of drug-likeness (QED) is 0.816. The number of aromatic nitrogens is 3. The molecule has 2 aromatic heterocycles. The molecule has 0 spiro atoms. The van der Waals surface area contributed by atoms with Gasteiger partial charge in [0.05, 0.1) is 11.4 Å². The first-order chi connectivity index (χ1) is 10.3. The summed E-state index contributed by atoms with van der Waals surface area (Å²) >= 11 is 0. The van der Waals surface area contributed by atoms with Crippen molar-refractivity contribution in [2.75, 3.05) is 6.61 Å². The molecule has 2 aromatic rings. The molecule has 0 radical (unpaired) electrons. The van der Waals surface area contributed by atoms with Crippen molar-refractivity contribution in [2.24, 2.45) is 0 Å². The number of rotatable bonds is 3. The summed E-state index contributed by atoms with van der Waals surface area (Å²) in [5, 5.41) is 7.45. The zero-order valence-electron chi connectivity index (χ0n) is 11.8. The highest BCUT2D eigenvalue weighted by atomic mass is 19.4. The van der Waals surface area contributed by atoms with Crippen LogP contribution in [0.4, 0.5) is 13.2 Å². The summed E-state index contributed by atoms with van der Waals surface area (Å²) in [6.07, 6.45) is -3.09. The summed E-state index contributed by atoms with van der Waals surface area (Å²) in [6.45, 7) is 1.69. The molecule has 0 N–H and O–H groups in total. The van der Waals surface area contributed by atoms with E-state index in [1.165, 1.54) is 6.20 Å². The summed E-state index contributed by atoms with van der Waals surface area (Å²) in [4.78, 5) is 16.0. The Morgan fingerprint density at radius 2 is 1.95 bits per heavy atom. The van der Waals surface area contributed by atoms with E-state index in [0.29, 0.717) is 22.5 Å². The second-order valence-corrected chi connectivity index (χ2v) is 4.54. The topological polar surface area (TPSA) is 65.0 Å². The van der Waals surface area contributed by atoms with Crippen LogP contribution in [-0.2, 0) is 4.74 Å². The van der Waals surface area contributed by atoms with E-state index in [1.54, 1.807) is 32.0 Å². The zero-order valence-corrected chi connectivity index (χ0v) is 11.8. The van der Waals surface area contributed by atoms with E-state index in [4.69, 9.17) is 0 Å². The Bertz CT molecular complexity index is 688. The first kappa shape index (κ1) is 15.9. The SMILES string of the molecule is Cc1nnc(C(=O)OCC(F)(F)F)c(-c2ccccn2)c1C. The number of hydrogen-bond acceptors (Lipinski definition) is 5. The van der Waals surface area contributed by atoms with Gasteiger partial charge in [-0.1, -0.05) is 6.07 Å². The summed E-state index contributed by atoms with van der Waals surface area (Å²) in [5.74, 6) is -1.19. The van der Waals surface area contributed by atoms with Crippen molar-refractivity contribution in [1.82, 2.24) is 15.2 Å². The van der Waals surface area contributed by atoms with E-state index >= 15 is 0 Å². The molecule has 22 heavy (non-hydrogen) atoms. The van der Waals surface area contributed by atoms with Crippen LogP contribution in [-0.4, -0.2) is 33.9 Å². The number of carbonyl (C=O) groups excluding carboxylic acids is 1. The number of ether oxygens (including phenoxy) is 1. The molecule has 8 heteroatoms. The Morgan fingerprint density at radius 1 is 1.23 bits per heavy atom. The lowest BCUT2D eigenvalue weighted by molar-refractivity contribution is -0.161. The van der Waals surface area contributed by atoms with Crippen molar-refractivity contribution >= 4 is 5.97 Å². The molecule has 0 aliphatic carbocycles. The molecule has 0 unspecified atom stereocenters. The van der Waals surface area contributed by atoms with Crippen LogP contribution in [0.5, 0.6) is 0 Å². The van der Waals surface area contributed by atoms with Crippen LogP contribution in [0.3, 0.4) is 0 Å². The number of hydrogen-bond donors (Lipinski definition) is 0. The van der Waals surface area contributed by atoms with Gasteiger partial charge in [-0.3, -0.25) is 4.98 Å². The number of nitrogens with zero attached hydrogens (tertiary/aromatic N) is 3. The lowest BCUT2D eigenvalue weighted by Crippen LogP contribution is -2.22. The largest absolute Gasteiger partial charge is 0.451 e. The van der Waals surface area contributed by atoms with Gasteiger partial charge in [0.2, 0.25) is 0 Å². The zero-order chi connectivity index (χ0) is 16.3. The van der Waals surface area contributed by atoms with Crippen LogP contribution in [0.15, 0.2) is 24.4 Å². The molecule has 0 aliphatic heterocycles. The summed E-state index contributed by atoms with van der Waals surface area (Å²) in [6, 6.07) is 5.01. The maximum atomic E-state index is 12.2. The number of aryl methyl sites for hydroxylation is 1. The number of pyridine rings is 1. The molecule has 0 fully saturated rings. The van der Waals surface area contributed by atoms with E-state index in [0.717, 1.165) is 0 Å². The van der Waals surface area contributed by atoms with Gasteiger partial charge in [0.1, 0.15) is 0 Å². The Balaban J connectivity index is 2.44. The molecule has 0 bridgehead atoms. The Hall–Kier alpha value is -2.51. The van der Waals surface area contributed by atoms with E-state index < -0.39 is 18.8 Å². The summed E-state index contributed by atoms with van der Waals surface area (Å²) < 4.78 is 40.8. The maximum absolute atomic E-state index is 12.2. The van der Waals surface area contributed by atoms with E-state index in [2.05, 4.69) is 19.9 Å². The van der Waals surface area contributed by atoms with Crippen molar-refractivity contribution < 1.29 is 22.7 Å². The molecule has 0 amide bonds. The van der Waals surface area contributed by atoms with Crippen LogP contribution in [0, 0.1) is 13.8 Å². The minimum atomic E-state index is -4.60. The third-order valence-electron chi connectivity index (χ3n) is 2.94. The van der Waals surface area contributed by atoms with Crippen LogP contribution in [0.1, 0.15) is 21.7 Å². The predicted octanol–water partition coefficient (Wildman–Crippen LogP) is 2.87. The van der Waals surface area contributed by atoms with Gasteiger partial charge < -0.3 is 4.74 Å². The van der Waals surface area contributed by atoms with Gasteiger partial charge in [-0.2, -0.15) is 18.3 Å². The monoisotopic (exact) mass is 311 g/mol. The molecular weight excluding hydrogens is 299 g/mol. The Kier molecular flexibility index (Phi) is 4.39. The van der Waals surface area contributed by atoms with Gasteiger partial charge in [0.25, 0.3) is 0 Å². The normalized spacial score (nSPS) is 11.3. The summed E-state index contributed by atoms with van der Waals surface area (Å²) in [7, 11) is 0. The highest BCUT2D eigenvalue weighted by Gasteiger charge is 2.31. The molecule has 5 nitrogen and oxygen atoms in total. The van der Waals surface area contributed by atoms with Crippen molar-refractivity contribution in [2.45, 2.75) is 20.0 Å². The Morgan fingerprint density at radius 3 is 2.55 bits per heavy atom. The molecule has 116 valence electrons. The van der Waals surface area contributed by atoms with Crippen molar-refractivity contribution in [3.05, 3.63) is 41.3 Å². The smallest absolute Gasteiger partial charge is 0.422 e. The van der Waals surface area contributed by atoms with E-state index in [9.17, 15) is 18.0 Å². The highest BCUT2D eigenvalue weighted by molar-refractivity contribution is 5.95. The third kappa shape index (κ3) is 3.57. The second kappa shape index (κ2) is 6.08. The van der Waals surface area contributed by atoms with Gasteiger partial charge in [-0.05, 0) is 31.5 Å². The fraction of sp³-hybridized carbons (Fsp3) is 0.286. The van der Waals surface area contributed by atoms with Gasteiger partial charge in [0, 0.05) is 11.8 Å². The van der Waals surface area contributed by atoms with Crippen LogP contribution < -0.4 is 0 Å². The minimum absolute atomic E-state index is 0.286. The number of alkyl halides is 3. The molecule has 0 aromatic carbocycles.